The summed E-state index contributed by atoms with van der Waals surface area (Å²) >= 11 is 0. The minimum Gasteiger partial charge on any atom is -0.560 e. The Hall–Kier alpha value is -1.18. The Labute approximate surface area is 68.1 Å². The maximum absolute atomic E-state index is 5.45. The first-order chi connectivity index (χ1) is 5.33. The van der Waals surface area contributed by atoms with Gasteiger partial charge in [0.05, 0.1) is 5.69 Å². The molecule has 2 nitrogen and oxygen atoms in total. The Bertz CT molecular complexity index is 245. The van der Waals surface area contributed by atoms with Crippen LogP contribution in [0.4, 0.5) is 5.69 Å². The van der Waals surface area contributed by atoms with E-state index in [4.69, 9.17) is 15.9 Å². The van der Waals surface area contributed by atoms with Gasteiger partial charge in [0, 0.05) is 0 Å². The average Bonchev–Trinajstić information content (AvgIpc) is 2.04. The minimum atomic E-state index is 0.706. The highest BCUT2D eigenvalue weighted by Crippen LogP contribution is 2.06. The van der Waals surface area contributed by atoms with Crippen LogP contribution in [0.2, 0.25) is 0 Å². The van der Waals surface area contributed by atoms with Gasteiger partial charge < -0.3 is 4.65 Å². The van der Waals surface area contributed by atoms with E-state index in [1.54, 1.807) is 24.3 Å². The topological polar surface area (TPSA) is 21.6 Å². The van der Waals surface area contributed by atoms with Gasteiger partial charge in [-0.15, -0.1) is 0 Å². The lowest BCUT2D eigenvalue weighted by molar-refractivity contribution is 0.641. The highest BCUT2D eigenvalue weighted by molar-refractivity contribution is 6.32. The third kappa shape index (κ3) is 2.50. The summed E-state index contributed by atoms with van der Waals surface area (Å²) in [5, 5.41) is 0. The first-order valence-electron chi connectivity index (χ1n) is 3.06. The summed E-state index contributed by atoms with van der Waals surface area (Å²) in [7, 11) is 10.2. The lowest BCUT2D eigenvalue weighted by Crippen LogP contribution is -1.97. The van der Waals surface area contributed by atoms with Crippen LogP contribution in [-0.4, -0.2) is 22.3 Å². The van der Waals surface area contributed by atoms with Gasteiger partial charge in [0.15, 0.2) is 6.40 Å². The van der Waals surface area contributed by atoms with Crippen LogP contribution in [0.5, 0.6) is 0 Å². The van der Waals surface area contributed by atoms with Crippen molar-refractivity contribution in [3.63, 3.8) is 0 Å². The van der Waals surface area contributed by atoms with Crippen molar-refractivity contribution in [3.8, 4) is 0 Å². The van der Waals surface area contributed by atoms with Crippen LogP contribution in [0.25, 0.3) is 0 Å². The van der Waals surface area contributed by atoms with E-state index in [9.17, 15) is 0 Å². The summed E-state index contributed by atoms with van der Waals surface area (Å²) in [5.41, 5.74) is 1.46. The number of rotatable bonds is 2. The van der Waals surface area contributed by atoms with E-state index in [0.29, 0.717) is 5.46 Å². The smallest absolute Gasteiger partial charge is 0.375 e. The Balaban J connectivity index is 2.73. The molecule has 50 valence electrons. The highest BCUT2D eigenvalue weighted by atomic mass is 16.4. The molecule has 1 aromatic carbocycles. The maximum Gasteiger partial charge on any atom is 0.375 e. The lowest BCUT2D eigenvalue weighted by Gasteiger charge is -1.93. The Kier molecular flexibility index (Phi) is 2.78. The van der Waals surface area contributed by atoms with Gasteiger partial charge in [-0.05, 0) is 12.1 Å². The summed E-state index contributed by atoms with van der Waals surface area (Å²) in [4.78, 5) is 3.84. The van der Waals surface area contributed by atoms with Crippen LogP contribution in [0.15, 0.2) is 29.3 Å². The Morgan fingerprint density at radius 2 is 1.91 bits per heavy atom. The molecular weight excluding hydrogens is 136 g/mol. The molecule has 0 spiro atoms. The first-order valence-corrected chi connectivity index (χ1v) is 3.06. The molecule has 0 amide bonds. The zero-order valence-corrected chi connectivity index (χ0v) is 5.90. The summed E-state index contributed by atoms with van der Waals surface area (Å²) in [6.07, 6.45) is 1.16. The molecule has 4 radical (unpaired) electrons. The monoisotopic (exact) mass is 141 g/mol. The van der Waals surface area contributed by atoms with Crippen LogP contribution in [0.3, 0.4) is 0 Å². The summed E-state index contributed by atoms with van der Waals surface area (Å²) < 4.78 is 4.15. The van der Waals surface area contributed by atoms with E-state index in [-0.39, 0.29) is 0 Å². The zero-order chi connectivity index (χ0) is 8.10. The van der Waals surface area contributed by atoms with Crippen molar-refractivity contribution < 1.29 is 4.65 Å². The first kappa shape index (κ1) is 7.92. The molecular formula is C7H5B2NO. The van der Waals surface area contributed by atoms with Gasteiger partial charge in [-0.1, -0.05) is 17.6 Å². The molecule has 0 saturated heterocycles. The predicted octanol–water partition coefficient (Wildman–Crippen LogP) is 0.240. The highest BCUT2D eigenvalue weighted by Gasteiger charge is 1.85. The molecule has 0 unspecified atom stereocenters. The van der Waals surface area contributed by atoms with Crippen molar-refractivity contribution in [2.75, 3.05) is 0 Å². The Morgan fingerprint density at radius 1 is 1.27 bits per heavy atom. The third-order valence-corrected chi connectivity index (χ3v) is 1.16. The molecule has 1 rings (SSSR count). The van der Waals surface area contributed by atoms with Crippen molar-refractivity contribution in [2.24, 2.45) is 4.99 Å². The average molecular weight is 141 g/mol. The third-order valence-electron chi connectivity index (χ3n) is 1.16. The summed E-state index contributed by atoms with van der Waals surface area (Å²) in [6, 6.07) is 7.04. The van der Waals surface area contributed by atoms with Gasteiger partial charge >= 0.3 is 8.05 Å². The van der Waals surface area contributed by atoms with Crippen molar-refractivity contribution in [1.82, 2.24) is 0 Å². The van der Waals surface area contributed by atoms with Crippen LogP contribution < -0.4 is 5.46 Å². The van der Waals surface area contributed by atoms with E-state index in [2.05, 4.69) is 9.65 Å². The molecule has 4 heteroatoms. The summed E-state index contributed by atoms with van der Waals surface area (Å²) in [5.74, 6) is 0. The molecule has 0 heterocycles. The van der Waals surface area contributed by atoms with Gasteiger partial charge in [0.25, 0.3) is 0 Å². The lowest BCUT2D eigenvalue weighted by atomic mass is 9.96. The zero-order valence-electron chi connectivity index (χ0n) is 5.90. The van der Waals surface area contributed by atoms with E-state index in [1.807, 2.05) is 0 Å². The molecule has 0 saturated carbocycles. The second-order valence-electron chi connectivity index (χ2n) is 1.96. The molecule has 0 aromatic heterocycles. The van der Waals surface area contributed by atoms with E-state index < -0.39 is 0 Å². The van der Waals surface area contributed by atoms with Crippen LogP contribution in [0.1, 0.15) is 0 Å². The van der Waals surface area contributed by atoms with Gasteiger partial charge in [0.2, 0.25) is 0 Å². The van der Waals surface area contributed by atoms with Gasteiger partial charge in [-0.25, -0.2) is 4.99 Å². The van der Waals surface area contributed by atoms with Crippen molar-refractivity contribution >= 4 is 33.4 Å². The minimum absolute atomic E-state index is 0.706. The molecule has 0 atom stereocenters. The second kappa shape index (κ2) is 3.86. The van der Waals surface area contributed by atoms with Gasteiger partial charge in [-0.2, -0.15) is 0 Å². The molecule has 1 aromatic rings. The van der Waals surface area contributed by atoms with E-state index >= 15 is 0 Å². The molecule has 11 heavy (non-hydrogen) atoms. The molecule has 0 bridgehead atoms. The fraction of sp³-hybridized carbons (Fsp3) is 0. The fourth-order valence-corrected chi connectivity index (χ4v) is 0.652. The molecule has 0 fully saturated rings. The predicted molar refractivity (Wildman–Crippen MR) is 46.8 cm³/mol. The van der Waals surface area contributed by atoms with Gasteiger partial charge in [0.1, 0.15) is 7.85 Å². The van der Waals surface area contributed by atoms with Crippen molar-refractivity contribution in [1.29, 1.82) is 0 Å². The standard InChI is InChI=1S/C7H5B2NO/c8-6-1-3-7(4-2-6)10-5-11-9/h1-5H. The van der Waals surface area contributed by atoms with E-state index in [1.165, 1.54) is 0 Å². The number of hydrogen-bond donors (Lipinski definition) is 0. The van der Waals surface area contributed by atoms with Crippen molar-refractivity contribution in [2.45, 2.75) is 0 Å². The van der Waals surface area contributed by atoms with Gasteiger partial charge in [-0.3, -0.25) is 0 Å². The Morgan fingerprint density at radius 3 is 2.45 bits per heavy atom. The number of nitrogens with zero attached hydrogens (tertiary/aromatic N) is 1. The fourth-order valence-electron chi connectivity index (χ4n) is 0.652. The molecule has 0 aliphatic heterocycles. The number of aliphatic imine (C=N–C) groups is 1. The van der Waals surface area contributed by atoms with Crippen LogP contribution in [0, 0.1) is 0 Å². The summed E-state index contributed by atoms with van der Waals surface area (Å²) in [6.45, 7) is 0. The maximum atomic E-state index is 5.45. The second-order valence-corrected chi connectivity index (χ2v) is 1.96. The molecule has 0 N–H and O–H groups in total. The SMILES string of the molecule is [B]OC=Nc1ccc([B])cc1. The quantitative estimate of drug-likeness (QED) is 0.328. The molecule has 0 aliphatic rings. The van der Waals surface area contributed by atoms with Crippen LogP contribution in [-0.2, 0) is 4.65 Å². The largest absolute Gasteiger partial charge is 0.560 e. The van der Waals surface area contributed by atoms with Crippen LogP contribution >= 0.6 is 0 Å². The molecule has 0 aliphatic carbocycles. The van der Waals surface area contributed by atoms with E-state index in [0.717, 1.165) is 12.1 Å². The number of benzene rings is 1. The van der Waals surface area contributed by atoms with Crippen molar-refractivity contribution in [3.05, 3.63) is 24.3 Å². The number of hydrogen-bond acceptors (Lipinski definition) is 2. The normalized spacial score (nSPS) is 10.2.